The minimum absolute atomic E-state index is 0.000868. The predicted octanol–water partition coefficient (Wildman–Crippen LogP) is 3.30. The molecule has 1 unspecified atom stereocenters. The Morgan fingerprint density at radius 1 is 1.36 bits per heavy atom. The summed E-state index contributed by atoms with van der Waals surface area (Å²) in [7, 11) is 0. The normalized spacial score (nSPS) is 17.5. The van der Waals surface area contributed by atoms with Crippen LogP contribution in [0.15, 0.2) is 35.4 Å². The molecule has 0 N–H and O–H groups in total. The average Bonchev–Trinajstić information content (AvgIpc) is 2.66. The molecule has 0 aromatic carbocycles. The van der Waals surface area contributed by atoms with Crippen molar-refractivity contribution in [1.29, 1.82) is 0 Å². The summed E-state index contributed by atoms with van der Waals surface area (Å²) in [6.07, 6.45) is -0.274. The van der Waals surface area contributed by atoms with Crippen molar-refractivity contribution in [2.45, 2.75) is 45.3 Å². The van der Waals surface area contributed by atoms with Crippen molar-refractivity contribution < 1.29 is 27.4 Å². The molecule has 0 radical (unpaired) electrons. The van der Waals surface area contributed by atoms with Crippen LogP contribution in [0, 0.1) is 6.92 Å². The molecule has 9 heteroatoms. The lowest BCUT2D eigenvalue weighted by molar-refractivity contribution is -0.169. The highest BCUT2D eigenvalue weighted by atomic mass is 19.4. The van der Waals surface area contributed by atoms with Gasteiger partial charge in [-0.3, -0.25) is 14.6 Å². The Morgan fingerprint density at radius 3 is 2.82 bits per heavy atom. The summed E-state index contributed by atoms with van der Waals surface area (Å²) >= 11 is 0. The van der Waals surface area contributed by atoms with Crippen LogP contribution >= 0.6 is 0 Å². The summed E-state index contributed by atoms with van der Waals surface area (Å²) in [6.45, 7) is 2.31. The van der Waals surface area contributed by atoms with E-state index in [1.165, 1.54) is 6.20 Å². The molecule has 2 aromatic rings. The van der Waals surface area contributed by atoms with Gasteiger partial charge in [0.25, 0.3) is 11.5 Å². The molecular weight excluding hydrogens is 377 g/mol. The Kier molecular flexibility index (Phi) is 5.95. The zero-order valence-electron chi connectivity index (χ0n) is 15.2. The van der Waals surface area contributed by atoms with E-state index in [-0.39, 0.29) is 12.3 Å². The summed E-state index contributed by atoms with van der Waals surface area (Å²) in [5.74, 6) is -0.942. The molecule has 150 valence electrons. The van der Waals surface area contributed by atoms with Gasteiger partial charge >= 0.3 is 6.18 Å². The number of pyridine rings is 2. The van der Waals surface area contributed by atoms with Crippen molar-refractivity contribution in [3.8, 4) is 0 Å². The first-order valence-electron chi connectivity index (χ1n) is 8.80. The molecule has 28 heavy (non-hydrogen) atoms. The van der Waals surface area contributed by atoms with Gasteiger partial charge in [-0.2, -0.15) is 13.2 Å². The second-order valence-electron chi connectivity index (χ2n) is 6.46. The van der Waals surface area contributed by atoms with E-state index in [0.29, 0.717) is 28.4 Å². The Hall–Kier alpha value is -2.52. The maximum atomic E-state index is 13.0. The van der Waals surface area contributed by atoms with E-state index in [0.717, 1.165) is 31.5 Å². The number of halogens is 3. The molecule has 3 rings (SSSR count). The Morgan fingerprint density at radius 2 is 2.14 bits per heavy atom. The number of hydrogen-bond acceptors (Lipinski definition) is 5. The van der Waals surface area contributed by atoms with Crippen LogP contribution in [0.25, 0.3) is 0 Å². The molecule has 3 heterocycles. The zero-order valence-corrected chi connectivity index (χ0v) is 15.2. The highest BCUT2D eigenvalue weighted by Gasteiger charge is 2.35. The molecule has 0 bridgehead atoms. The van der Waals surface area contributed by atoms with Gasteiger partial charge in [0.15, 0.2) is 6.29 Å². The van der Waals surface area contributed by atoms with Gasteiger partial charge in [-0.1, -0.05) is 0 Å². The molecule has 0 saturated carbocycles. The minimum atomic E-state index is -4.86. The predicted molar refractivity (Wildman–Crippen MR) is 92.8 cm³/mol. The fourth-order valence-electron chi connectivity index (χ4n) is 2.96. The number of alkyl halides is 3. The SMILES string of the molecule is Cc1ccnc(C(=O)n2cccc(C(F)(F)F)c2=O)c1COC1CCCCO1. The highest BCUT2D eigenvalue weighted by molar-refractivity contribution is 5.95. The first-order chi connectivity index (χ1) is 13.3. The number of rotatable bonds is 4. The van der Waals surface area contributed by atoms with E-state index in [1.807, 2.05) is 0 Å². The zero-order chi connectivity index (χ0) is 20.3. The van der Waals surface area contributed by atoms with E-state index < -0.39 is 29.5 Å². The van der Waals surface area contributed by atoms with Crippen LogP contribution < -0.4 is 5.56 Å². The summed E-state index contributed by atoms with van der Waals surface area (Å²) in [6, 6.07) is 3.30. The lowest BCUT2D eigenvalue weighted by Gasteiger charge is -2.23. The maximum Gasteiger partial charge on any atom is 0.421 e. The van der Waals surface area contributed by atoms with Crippen LogP contribution in [0.4, 0.5) is 13.2 Å². The Balaban J connectivity index is 1.92. The van der Waals surface area contributed by atoms with Gasteiger partial charge < -0.3 is 9.47 Å². The number of nitrogens with zero attached hydrogens (tertiary/aromatic N) is 2. The molecule has 1 aliphatic heterocycles. The number of ether oxygens (including phenoxy) is 2. The van der Waals surface area contributed by atoms with Gasteiger partial charge in [-0.25, -0.2) is 4.57 Å². The minimum Gasteiger partial charge on any atom is -0.353 e. The second-order valence-corrected chi connectivity index (χ2v) is 6.46. The van der Waals surface area contributed by atoms with Gasteiger partial charge in [0, 0.05) is 24.6 Å². The quantitative estimate of drug-likeness (QED) is 0.793. The molecule has 0 spiro atoms. The van der Waals surface area contributed by atoms with Crippen molar-refractivity contribution in [2.24, 2.45) is 0 Å². The van der Waals surface area contributed by atoms with Gasteiger partial charge in [0.1, 0.15) is 11.3 Å². The smallest absolute Gasteiger partial charge is 0.353 e. The van der Waals surface area contributed by atoms with Gasteiger partial charge in [0.05, 0.1) is 6.61 Å². The van der Waals surface area contributed by atoms with Crippen molar-refractivity contribution in [3.05, 3.63) is 63.3 Å². The van der Waals surface area contributed by atoms with E-state index in [2.05, 4.69) is 4.98 Å². The number of aryl methyl sites for hydroxylation is 1. The molecule has 1 fully saturated rings. The number of hydrogen-bond donors (Lipinski definition) is 0. The van der Waals surface area contributed by atoms with E-state index in [4.69, 9.17) is 9.47 Å². The highest BCUT2D eigenvalue weighted by Crippen LogP contribution is 2.26. The maximum absolute atomic E-state index is 13.0. The number of carbonyl (C=O) groups excluding carboxylic acids is 1. The molecular formula is C19H19F3N2O4. The summed E-state index contributed by atoms with van der Waals surface area (Å²) < 4.78 is 50.6. The number of carbonyl (C=O) groups is 1. The summed E-state index contributed by atoms with van der Waals surface area (Å²) in [5.41, 5.74) is -1.90. The van der Waals surface area contributed by atoms with Gasteiger partial charge in [-0.15, -0.1) is 0 Å². The van der Waals surface area contributed by atoms with Crippen molar-refractivity contribution in [1.82, 2.24) is 9.55 Å². The van der Waals surface area contributed by atoms with E-state index in [1.54, 1.807) is 13.0 Å². The lowest BCUT2D eigenvalue weighted by atomic mass is 10.1. The van der Waals surface area contributed by atoms with E-state index >= 15 is 0 Å². The van der Waals surface area contributed by atoms with Crippen molar-refractivity contribution >= 4 is 5.91 Å². The first kappa shape index (κ1) is 20.2. The van der Waals surface area contributed by atoms with E-state index in [9.17, 15) is 22.8 Å². The van der Waals surface area contributed by atoms with Gasteiger partial charge in [0.2, 0.25) is 0 Å². The number of aromatic nitrogens is 2. The average molecular weight is 396 g/mol. The molecule has 1 aliphatic rings. The van der Waals surface area contributed by atoms with Crippen molar-refractivity contribution in [3.63, 3.8) is 0 Å². The fraction of sp³-hybridized carbons (Fsp3) is 0.421. The van der Waals surface area contributed by atoms with Crippen LogP contribution in [-0.4, -0.2) is 28.4 Å². The molecule has 2 aromatic heterocycles. The molecule has 1 atom stereocenters. The van der Waals surface area contributed by atoms with Crippen LogP contribution in [0.5, 0.6) is 0 Å². The fourth-order valence-corrected chi connectivity index (χ4v) is 2.96. The topological polar surface area (TPSA) is 70.4 Å². The Bertz CT molecular complexity index is 918. The van der Waals surface area contributed by atoms with Crippen molar-refractivity contribution in [2.75, 3.05) is 6.61 Å². The molecule has 1 saturated heterocycles. The third-order valence-corrected chi connectivity index (χ3v) is 4.52. The van der Waals surface area contributed by atoms with Crippen LogP contribution in [0.3, 0.4) is 0 Å². The van der Waals surface area contributed by atoms with Crippen LogP contribution in [-0.2, 0) is 22.3 Å². The monoisotopic (exact) mass is 396 g/mol. The molecule has 0 aliphatic carbocycles. The standard InChI is InChI=1S/C19H19F3N2O4/c1-12-7-8-23-16(13(12)11-28-15-6-2-3-10-27-15)18(26)24-9-4-5-14(17(24)25)19(20,21)22/h4-5,7-9,15H,2-3,6,10-11H2,1H3. The largest absolute Gasteiger partial charge is 0.421 e. The third-order valence-electron chi connectivity index (χ3n) is 4.52. The Labute approximate surface area is 158 Å². The van der Waals surface area contributed by atoms with Crippen LogP contribution in [0.1, 0.15) is 46.4 Å². The first-order valence-corrected chi connectivity index (χ1v) is 8.80. The lowest BCUT2D eigenvalue weighted by Crippen LogP contribution is -2.33. The summed E-state index contributed by atoms with van der Waals surface area (Å²) in [4.78, 5) is 29.0. The molecule has 6 nitrogen and oxygen atoms in total. The summed E-state index contributed by atoms with van der Waals surface area (Å²) in [5, 5.41) is 0. The second kappa shape index (κ2) is 8.24. The molecule has 0 amide bonds. The third kappa shape index (κ3) is 4.31. The van der Waals surface area contributed by atoms with Gasteiger partial charge in [-0.05, 0) is 49.9 Å². The van der Waals surface area contributed by atoms with Crippen LogP contribution in [0.2, 0.25) is 0 Å².